The number of rotatable bonds is 8. The molecular weight excluding hydrogens is 533 g/mol. The van der Waals surface area contributed by atoms with Gasteiger partial charge in [0.1, 0.15) is 10.6 Å². The van der Waals surface area contributed by atoms with Gasteiger partial charge in [0, 0.05) is 17.0 Å². The molecule has 1 N–H and O–H groups in total. The third-order valence-corrected chi connectivity index (χ3v) is 8.33. The number of nitro benzene ring substituents is 1. The number of hydrogen-bond acceptors (Lipinski definition) is 7. The first-order valence-electron chi connectivity index (χ1n) is 8.54. The van der Waals surface area contributed by atoms with E-state index in [1.54, 1.807) is 0 Å². The highest BCUT2D eigenvalue weighted by Gasteiger charge is 2.73. The lowest BCUT2D eigenvalue weighted by atomic mass is 10.3. The van der Waals surface area contributed by atoms with E-state index in [-0.39, 0.29) is 24.0 Å². The molecule has 0 spiro atoms. The molecule has 33 heavy (non-hydrogen) atoms. The van der Waals surface area contributed by atoms with E-state index in [9.17, 15) is 58.3 Å². The predicted molar refractivity (Wildman–Crippen MR) is 101 cm³/mol. The molecule has 0 bridgehead atoms. The van der Waals surface area contributed by atoms with Crippen LogP contribution in [0.4, 0.5) is 36.4 Å². The molecule has 0 aliphatic carbocycles. The summed E-state index contributed by atoms with van der Waals surface area (Å²) in [4.78, 5) is 20.2. The minimum Gasteiger partial charge on any atom is -0.352 e. The fraction of sp³-hybridized carbons (Fsp3) is 0.533. The first-order chi connectivity index (χ1) is 14.9. The first kappa shape index (κ1) is 27.3. The van der Waals surface area contributed by atoms with E-state index in [2.05, 4.69) is 5.32 Å². The van der Waals surface area contributed by atoms with Crippen molar-refractivity contribution in [2.24, 2.45) is 0 Å². The molecule has 1 heterocycles. The molecule has 0 radical (unpaired) electrons. The Balaban J connectivity index is 2.20. The van der Waals surface area contributed by atoms with Crippen molar-refractivity contribution in [1.82, 2.24) is 5.32 Å². The van der Waals surface area contributed by atoms with Crippen LogP contribution in [0.2, 0.25) is 0 Å². The quantitative estimate of drug-likeness (QED) is 0.230. The molecule has 1 fully saturated rings. The number of carbonyl (C=O) groups is 1. The normalized spacial score (nSPS) is 19.8. The zero-order chi connectivity index (χ0) is 25.4. The third kappa shape index (κ3) is 6.34. The number of amides is 1. The molecule has 1 amide bonds. The number of carbonyl (C=O) groups excluding carboxylic acids is 1. The number of nitro groups is 1. The Morgan fingerprint density at radius 2 is 1.82 bits per heavy atom. The molecule has 1 saturated heterocycles. The fourth-order valence-electron chi connectivity index (χ4n) is 2.65. The van der Waals surface area contributed by atoms with Crippen LogP contribution in [0.1, 0.15) is 6.42 Å². The molecule has 2 rings (SSSR count). The van der Waals surface area contributed by atoms with Crippen molar-refractivity contribution in [2.75, 3.05) is 17.3 Å². The highest BCUT2D eigenvalue weighted by molar-refractivity contribution is 8.00. The van der Waals surface area contributed by atoms with Gasteiger partial charge < -0.3 is 5.32 Å². The molecule has 1 aliphatic heterocycles. The molecule has 0 unspecified atom stereocenters. The van der Waals surface area contributed by atoms with Gasteiger partial charge in [-0.15, -0.1) is 0 Å². The van der Waals surface area contributed by atoms with Crippen LogP contribution in [0.25, 0.3) is 0 Å². The van der Waals surface area contributed by atoms with Crippen LogP contribution in [0.5, 0.6) is 0 Å². The van der Waals surface area contributed by atoms with Gasteiger partial charge in [-0.3, -0.25) is 19.1 Å². The number of thioether (sulfide) groups is 1. The van der Waals surface area contributed by atoms with Crippen molar-refractivity contribution >= 4 is 44.0 Å². The number of alkyl halides is 7. The first-order valence-corrected chi connectivity index (χ1v) is 12.5. The Hall–Kier alpha value is -1.95. The van der Waals surface area contributed by atoms with Gasteiger partial charge in [-0.05, 0) is 30.3 Å². The summed E-state index contributed by atoms with van der Waals surface area (Å²) in [6.07, 6.45) is -6.49. The number of nitrogens with one attached hydrogen (secondary N) is 1. The van der Waals surface area contributed by atoms with E-state index < -0.39 is 87.9 Å². The van der Waals surface area contributed by atoms with Gasteiger partial charge in [0.05, 0.1) is 27.2 Å². The zero-order valence-electron chi connectivity index (χ0n) is 15.9. The summed E-state index contributed by atoms with van der Waals surface area (Å²) in [5.41, 5.74) is -1.15. The second-order valence-corrected chi connectivity index (χ2v) is 11.6. The lowest BCUT2D eigenvalue weighted by Gasteiger charge is -2.27. The zero-order valence-corrected chi connectivity index (χ0v) is 18.4. The summed E-state index contributed by atoms with van der Waals surface area (Å²) in [7, 11) is -5.80. The summed E-state index contributed by atoms with van der Waals surface area (Å²) < 4.78 is 125. The highest BCUT2D eigenvalue weighted by Crippen LogP contribution is 2.54. The van der Waals surface area contributed by atoms with E-state index in [0.29, 0.717) is 12.1 Å². The molecule has 186 valence electrons. The second-order valence-electron chi connectivity index (χ2n) is 6.73. The van der Waals surface area contributed by atoms with Crippen molar-refractivity contribution < 1.29 is 53.1 Å². The molecule has 1 aromatic rings. The van der Waals surface area contributed by atoms with E-state index >= 15 is 0 Å². The molecule has 0 saturated carbocycles. The van der Waals surface area contributed by atoms with E-state index in [0.717, 1.165) is 0 Å². The minimum absolute atomic E-state index is 0.101. The molecular formula is C15H13F7N2O6S3. The maximum absolute atomic E-state index is 13.6. The highest BCUT2D eigenvalue weighted by atomic mass is 32.2. The summed E-state index contributed by atoms with van der Waals surface area (Å²) in [5.74, 6) is -8.80. The number of nitrogens with zero attached hydrogens (tertiary/aromatic N) is 1. The van der Waals surface area contributed by atoms with Gasteiger partial charge >= 0.3 is 17.4 Å². The molecule has 1 aromatic carbocycles. The topological polar surface area (TPSA) is 123 Å². The lowest BCUT2D eigenvalue weighted by molar-refractivity contribution is -0.388. The number of hydrogen-bond donors (Lipinski definition) is 1. The van der Waals surface area contributed by atoms with Crippen molar-refractivity contribution in [3.8, 4) is 0 Å². The molecule has 2 atom stereocenters. The van der Waals surface area contributed by atoms with Gasteiger partial charge in [0.25, 0.3) is 5.69 Å². The second kappa shape index (κ2) is 9.36. The SMILES string of the molecule is O=C(C[S@](=O)c1ccc(SC(F)(F)C(F)(F)C(F)(F)F)cc1[N+](=O)[O-])N[C@H]1CCS(=O)(=O)C1. The minimum atomic E-state index is -6.59. The smallest absolute Gasteiger partial charge is 0.352 e. The maximum atomic E-state index is 13.6. The molecule has 1 aliphatic rings. The number of sulfone groups is 1. The average molecular weight is 546 g/mol. The van der Waals surface area contributed by atoms with E-state index in [4.69, 9.17) is 0 Å². The lowest BCUT2D eigenvalue weighted by Crippen LogP contribution is -2.49. The van der Waals surface area contributed by atoms with Gasteiger partial charge in [-0.25, -0.2) is 8.42 Å². The van der Waals surface area contributed by atoms with Crippen LogP contribution < -0.4 is 5.32 Å². The Kier molecular flexibility index (Phi) is 7.74. The number of benzene rings is 1. The van der Waals surface area contributed by atoms with Crippen LogP contribution in [0.3, 0.4) is 0 Å². The van der Waals surface area contributed by atoms with Crippen molar-refractivity contribution in [3.05, 3.63) is 28.3 Å². The number of halogens is 7. The van der Waals surface area contributed by atoms with Gasteiger partial charge in [0.2, 0.25) is 5.91 Å². The predicted octanol–water partition coefficient (Wildman–Crippen LogP) is 2.89. The molecule has 8 nitrogen and oxygen atoms in total. The standard InChI is InChI=1S/C15H13F7N2O6S3/c16-13(17,14(18,19)20)15(21,22)31-9-1-2-11(10(5-9)24(26)27)32(28)6-12(25)23-8-3-4-33(29,30)7-8/h1-2,5,8H,3-4,6-7H2,(H,23,25)/t8-,32-/m0/s1. The van der Waals surface area contributed by atoms with Gasteiger partial charge in [-0.2, -0.15) is 30.7 Å². The summed E-state index contributed by atoms with van der Waals surface area (Å²) >= 11 is -1.28. The van der Waals surface area contributed by atoms with Crippen LogP contribution in [-0.4, -0.2) is 64.1 Å². The summed E-state index contributed by atoms with van der Waals surface area (Å²) in [6, 6.07) is 0.587. The van der Waals surface area contributed by atoms with Crippen molar-refractivity contribution in [1.29, 1.82) is 0 Å². The van der Waals surface area contributed by atoms with Gasteiger partial charge in [0.15, 0.2) is 9.84 Å². The van der Waals surface area contributed by atoms with Crippen LogP contribution in [-0.2, 0) is 25.4 Å². The summed E-state index contributed by atoms with van der Waals surface area (Å²) in [5, 5.41) is 7.78. The maximum Gasteiger partial charge on any atom is 0.460 e. The Labute approximate surface area is 187 Å². The fourth-order valence-corrected chi connectivity index (χ4v) is 6.23. The molecule has 0 aromatic heterocycles. The van der Waals surface area contributed by atoms with Crippen LogP contribution in [0.15, 0.2) is 28.0 Å². The Bertz CT molecular complexity index is 1080. The summed E-state index contributed by atoms with van der Waals surface area (Å²) in [6.45, 7) is 0. The Morgan fingerprint density at radius 3 is 2.30 bits per heavy atom. The van der Waals surface area contributed by atoms with Crippen molar-refractivity contribution in [2.45, 2.75) is 39.6 Å². The van der Waals surface area contributed by atoms with Crippen LogP contribution >= 0.6 is 11.8 Å². The molecule has 18 heteroatoms. The monoisotopic (exact) mass is 546 g/mol. The van der Waals surface area contributed by atoms with Crippen molar-refractivity contribution in [3.63, 3.8) is 0 Å². The average Bonchev–Trinajstić information content (AvgIpc) is 2.98. The van der Waals surface area contributed by atoms with E-state index in [1.807, 2.05) is 0 Å². The van der Waals surface area contributed by atoms with E-state index in [1.165, 1.54) is 0 Å². The van der Waals surface area contributed by atoms with Crippen LogP contribution in [0, 0.1) is 10.1 Å². The third-order valence-electron chi connectivity index (χ3n) is 4.20. The largest absolute Gasteiger partial charge is 0.460 e. The Morgan fingerprint density at radius 1 is 1.21 bits per heavy atom. The van der Waals surface area contributed by atoms with Gasteiger partial charge in [-0.1, -0.05) is 0 Å².